The second kappa shape index (κ2) is 65.1. The van der Waals surface area contributed by atoms with Gasteiger partial charge in [0.1, 0.15) is 38.2 Å². The summed E-state index contributed by atoms with van der Waals surface area (Å²) in [6.45, 7) is 28.0. The van der Waals surface area contributed by atoms with Gasteiger partial charge in [-0.1, -0.05) is 120 Å². The number of hydrogen-bond donors (Lipinski definition) is 3. The van der Waals surface area contributed by atoms with E-state index in [-0.39, 0.29) is 6.47 Å². The highest BCUT2D eigenvalue weighted by Gasteiger charge is 2.34. The Balaban J connectivity index is -0.000000690. The second-order valence-electron chi connectivity index (χ2n) is 18.8. The molecule has 1 aliphatic heterocycles. The topological polar surface area (TPSA) is 200 Å². The Hall–Kier alpha value is -5.41. The lowest BCUT2D eigenvalue weighted by atomic mass is 9.74. The van der Waals surface area contributed by atoms with Crippen molar-refractivity contribution in [3.8, 4) is 23.8 Å². The van der Waals surface area contributed by atoms with Crippen molar-refractivity contribution in [2.75, 3.05) is 59.8 Å². The fraction of sp³-hybridized carbons (Fsp3) is 0.529. The number of unbranched alkanes of at least 4 members (excludes halogenated alkanes) is 6. The zero-order chi connectivity index (χ0) is 64.8. The molecular weight excluding hydrogens is 1120 g/mol. The molecule has 1 heterocycles. The van der Waals surface area contributed by atoms with Gasteiger partial charge in [0.2, 0.25) is 0 Å². The van der Waals surface area contributed by atoms with Crippen molar-refractivity contribution in [2.45, 2.75) is 178 Å². The number of carbonyl (C=O) groups is 6. The Morgan fingerprint density at radius 3 is 1.21 bits per heavy atom. The number of carbonyl (C=O) groups excluding carboxylic acids is 5. The van der Waals surface area contributed by atoms with Crippen molar-refractivity contribution in [3.63, 3.8) is 0 Å². The van der Waals surface area contributed by atoms with Crippen LogP contribution in [0, 0.1) is 18.3 Å². The molecule has 474 valence electrons. The number of terminal acetylenes is 1. The van der Waals surface area contributed by atoms with E-state index in [1.807, 2.05) is 76.4 Å². The molecule has 84 heavy (non-hydrogen) atoms. The predicted molar refractivity (Wildman–Crippen MR) is 355 cm³/mol. The molecule has 0 atom stereocenters. The summed E-state index contributed by atoms with van der Waals surface area (Å²) in [5.41, 5.74) is 7.14. The quantitative estimate of drug-likeness (QED) is 0.0251. The Morgan fingerprint density at radius 1 is 0.619 bits per heavy atom. The highest BCUT2D eigenvalue weighted by atomic mass is 32.2. The molecule has 13 nitrogen and oxygen atoms in total. The number of carboxylic acid groups (broad SMARTS) is 1. The largest absolute Gasteiger partial charge is 0.494 e. The van der Waals surface area contributed by atoms with E-state index in [4.69, 9.17) is 64.7 Å². The van der Waals surface area contributed by atoms with Crippen molar-refractivity contribution < 1.29 is 63.0 Å². The monoisotopic (exact) mass is 1230 g/mol. The first-order chi connectivity index (χ1) is 41.1. The van der Waals surface area contributed by atoms with Crippen LogP contribution in [0.3, 0.4) is 0 Å². The second-order valence-corrected chi connectivity index (χ2v) is 22.0. The first-order valence-corrected chi connectivity index (χ1v) is 31.8. The smallest absolute Gasteiger partial charge is 0.293 e. The number of aldehydes is 1. The van der Waals surface area contributed by atoms with E-state index < -0.39 is 0 Å². The number of methoxy groups -OCH3 is 1. The Bertz CT molecular complexity index is 2070. The lowest BCUT2D eigenvalue weighted by molar-refractivity contribution is -0.129. The van der Waals surface area contributed by atoms with Crippen molar-refractivity contribution in [3.05, 3.63) is 118 Å². The number of hydrogen-bond acceptors (Lipinski definition) is 15. The minimum Gasteiger partial charge on any atom is -0.494 e. The van der Waals surface area contributed by atoms with Crippen LogP contribution in [0.4, 0.5) is 0 Å². The Morgan fingerprint density at radius 2 is 0.929 bits per heavy atom. The van der Waals surface area contributed by atoms with Gasteiger partial charge >= 0.3 is 0 Å². The number of allylic oxidation sites excluding steroid dienone is 2. The number of aliphatic hydroxyl groups is 2. The summed E-state index contributed by atoms with van der Waals surface area (Å²) >= 11 is 5.75. The van der Waals surface area contributed by atoms with Gasteiger partial charge in [0, 0.05) is 49.1 Å². The highest BCUT2D eigenvalue weighted by molar-refractivity contribution is 8.24. The van der Waals surface area contributed by atoms with Gasteiger partial charge in [-0.2, -0.15) is 11.8 Å². The molecule has 0 saturated heterocycles. The summed E-state index contributed by atoms with van der Waals surface area (Å²) in [5, 5.41) is 20.9. The maximum atomic E-state index is 10.3. The third-order valence-electron chi connectivity index (χ3n) is 12.4. The minimum absolute atomic E-state index is 0.250. The summed E-state index contributed by atoms with van der Waals surface area (Å²) in [5.74, 6) is 9.11. The maximum absolute atomic E-state index is 10.3. The summed E-state index contributed by atoms with van der Waals surface area (Å²) in [7, 11) is 3.77. The van der Waals surface area contributed by atoms with E-state index in [0.29, 0.717) is 43.0 Å². The van der Waals surface area contributed by atoms with E-state index in [1.54, 1.807) is 24.3 Å². The van der Waals surface area contributed by atoms with E-state index in [9.17, 15) is 4.79 Å². The van der Waals surface area contributed by atoms with Crippen LogP contribution in [-0.4, -0.2) is 115 Å². The van der Waals surface area contributed by atoms with Gasteiger partial charge in [0.05, 0.1) is 24.1 Å². The van der Waals surface area contributed by atoms with Gasteiger partial charge < -0.3 is 48.7 Å². The van der Waals surface area contributed by atoms with Crippen LogP contribution >= 0.6 is 35.3 Å². The van der Waals surface area contributed by atoms with E-state index in [1.165, 1.54) is 95.4 Å². The Kier molecular flexibility index (Phi) is 67.7. The molecule has 0 aromatic heterocycles. The van der Waals surface area contributed by atoms with Gasteiger partial charge in [-0.25, -0.2) is 0 Å². The van der Waals surface area contributed by atoms with Crippen LogP contribution < -0.4 is 9.47 Å². The molecule has 0 radical (unpaired) electrons. The van der Waals surface area contributed by atoms with Crippen molar-refractivity contribution in [1.82, 2.24) is 0 Å². The molecule has 3 aromatic rings. The summed E-state index contributed by atoms with van der Waals surface area (Å²) in [6, 6.07) is 22.9. The van der Waals surface area contributed by atoms with Gasteiger partial charge in [0.15, 0.2) is 0 Å². The zero-order valence-corrected chi connectivity index (χ0v) is 55.1. The molecule has 3 aliphatic rings. The molecule has 3 N–H and O–H groups in total. The molecule has 2 aliphatic carbocycles. The van der Waals surface area contributed by atoms with E-state index in [0.717, 1.165) is 101 Å². The molecule has 0 spiro atoms. The van der Waals surface area contributed by atoms with E-state index >= 15 is 0 Å². The summed E-state index contributed by atoms with van der Waals surface area (Å²) in [4.78, 5) is 54.7. The van der Waals surface area contributed by atoms with Crippen LogP contribution in [0.15, 0.2) is 106 Å². The number of ether oxygens (including phenoxy) is 4. The fourth-order valence-electron chi connectivity index (χ4n) is 9.00. The molecule has 2 saturated carbocycles. The number of aliphatic hydroxyl groups excluding tert-OH is 2. The third kappa shape index (κ3) is 40.0. The average molecular weight is 1230 g/mol. The summed E-state index contributed by atoms with van der Waals surface area (Å²) in [6.07, 6.45) is 30.3. The van der Waals surface area contributed by atoms with Crippen LogP contribution in [-0.2, 0) is 38.2 Å². The van der Waals surface area contributed by atoms with E-state index in [2.05, 4.69) is 107 Å². The van der Waals surface area contributed by atoms with Crippen molar-refractivity contribution in [2.24, 2.45) is 5.92 Å². The maximum Gasteiger partial charge on any atom is 0.293 e. The molecule has 0 amide bonds. The van der Waals surface area contributed by atoms with Gasteiger partial charge in [-0.3, -0.25) is 14.4 Å². The van der Waals surface area contributed by atoms with Crippen LogP contribution in [0.5, 0.6) is 11.5 Å². The third-order valence-corrected chi connectivity index (χ3v) is 15.8. The molecular formula is C68H106O13S3. The fourth-order valence-corrected chi connectivity index (χ4v) is 12.6. The predicted octanol–water partition coefficient (Wildman–Crippen LogP) is 16.3. The Labute approximate surface area is 520 Å². The summed E-state index contributed by atoms with van der Waals surface area (Å²) < 4.78 is 23.3. The number of benzene rings is 3. The average Bonchev–Trinajstić information content (AvgIpc) is 3.44. The van der Waals surface area contributed by atoms with Gasteiger partial charge in [-0.05, 0) is 192 Å². The lowest BCUT2D eigenvalue weighted by Gasteiger charge is -2.32. The van der Waals surface area contributed by atoms with Crippen molar-refractivity contribution >= 4 is 74.9 Å². The lowest BCUT2D eigenvalue weighted by Crippen LogP contribution is -2.15. The molecule has 2 fully saturated rings. The van der Waals surface area contributed by atoms with Crippen LogP contribution in [0.1, 0.15) is 190 Å². The molecule has 6 rings (SSSR count). The van der Waals surface area contributed by atoms with Crippen LogP contribution in [0.25, 0.3) is 0 Å². The molecule has 3 aromatic carbocycles. The minimum atomic E-state index is -0.250. The first kappa shape index (κ1) is 87.4. The van der Waals surface area contributed by atoms with Gasteiger partial charge in [0.25, 0.3) is 12.9 Å². The SMILES string of the molecule is C#C/C(CSC)=C1/Sc2c(C3CCC(c4ccc(OCCCCCCOC)cc4)CC3)ccc(C3CCC(c4ccc(OCCCCCCOC=O)cc4)CC3)c2S1.C=CC.C=CC=O.C=O.C=O.C=O.CC.CC(C)C.CO.CO.O=CO. The number of fused-ring (bicyclic) bond motifs is 1. The molecule has 0 unspecified atom stereocenters. The van der Waals surface area contributed by atoms with Crippen LogP contribution in [0.2, 0.25) is 0 Å². The number of rotatable bonds is 24. The standard InChI is InChI=1S/C50H64O5S3.C4H10.C3H4O.C3H6.C2H6.CH2O2.2CH4O.3CH2O/c1-4-37(35-56-3)50-57-48-46(42-17-13-38(14-18-42)40-21-25-44(26-22-40)54-33-11-7-5-9-31-52-2)29-30-47(49(48)58-50)43-19-15-39(16-20-43)41-23-27-45(28-24-41)55-34-12-8-6-10-32-53-36-51;1-4(2)3;1-2-3-4;1-3-2;1-2;2-1-3;5*1-2/h1,21-30,36,38-39,42-43H,5-20,31-35H2,2-3H3;4H,1-3H3;2-3H,1H2;3H,1H2,2H3;1-2H3;1H,(H,2,3);2*2H,1H3;3*1H2/b50-37+;;;;;;;;;;. The highest BCUT2D eigenvalue weighted by Crippen LogP contribution is 2.59. The number of thioether (sulfide) groups is 3. The normalized spacial score (nSPS) is 16.0. The molecule has 16 heteroatoms. The molecule has 0 bridgehead atoms. The first-order valence-electron chi connectivity index (χ1n) is 28.8. The zero-order valence-electron chi connectivity index (χ0n) is 52.7. The van der Waals surface area contributed by atoms with Gasteiger partial charge in [-0.15, -0.1) is 13.0 Å². The van der Waals surface area contributed by atoms with Crippen molar-refractivity contribution in [1.29, 1.82) is 0 Å².